The smallest absolute Gasteiger partial charge is 0.266 e. The lowest BCUT2D eigenvalue weighted by molar-refractivity contribution is -0.112. The molecule has 0 bridgehead atoms. The molecule has 0 fully saturated rings. The number of benzene rings is 2. The van der Waals surface area contributed by atoms with Gasteiger partial charge in [-0.25, -0.2) is 0 Å². The molecule has 146 valence electrons. The average molecular weight is 377 g/mol. The standard InChI is InChI=1S/C24H28N2O2/c1-4-5-6-7-14-28-22-11-9-20(10-12-22)16-21(17-25)24(27)26-23-13-8-18(2)15-19(23)3/h8-13,15-16H,4-7,14H2,1-3H3,(H,26,27). The summed E-state index contributed by atoms with van der Waals surface area (Å²) in [6, 6.07) is 15.2. The number of nitrogens with zero attached hydrogens (tertiary/aromatic N) is 1. The van der Waals surface area contributed by atoms with Crippen LogP contribution < -0.4 is 10.1 Å². The number of hydrogen-bond donors (Lipinski definition) is 1. The summed E-state index contributed by atoms with van der Waals surface area (Å²) in [6.07, 6.45) is 6.25. The summed E-state index contributed by atoms with van der Waals surface area (Å²) in [5, 5.41) is 12.2. The van der Waals surface area contributed by atoms with E-state index in [1.165, 1.54) is 19.3 Å². The monoisotopic (exact) mass is 376 g/mol. The number of ether oxygens (including phenoxy) is 1. The lowest BCUT2D eigenvalue weighted by atomic mass is 10.1. The molecule has 0 radical (unpaired) electrons. The highest BCUT2D eigenvalue weighted by Crippen LogP contribution is 2.19. The van der Waals surface area contributed by atoms with Crippen molar-refractivity contribution in [2.75, 3.05) is 11.9 Å². The van der Waals surface area contributed by atoms with E-state index in [1.807, 2.05) is 62.4 Å². The highest BCUT2D eigenvalue weighted by molar-refractivity contribution is 6.09. The Hall–Kier alpha value is -3.06. The van der Waals surface area contributed by atoms with Gasteiger partial charge >= 0.3 is 0 Å². The Bertz CT molecular complexity index is 861. The summed E-state index contributed by atoms with van der Waals surface area (Å²) in [5.74, 6) is 0.387. The van der Waals surface area contributed by atoms with Crippen LogP contribution in [0.2, 0.25) is 0 Å². The third-order valence-corrected chi connectivity index (χ3v) is 4.45. The van der Waals surface area contributed by atoms with Gasteiger partial charge in [0.2, 0.25) is 0 Å². The second-order valence-electron chi connectivity index (χ2n) is 6.92. The van der Waals surface area contributed by atoms with Crippen LogP contribution in [0, 0.1) is 25.2 Å². The Morgan fingerprint density at radius 3 is 2.50 bits per heavy atom. The zero-order valence-electron chi connectivity index (χ0n) is 16.9. The Morgan fingerprint density at radius 2 is 1.86 bits per heavy atom. The first-order valence-corrected chi connectivity index (χ1v) is 9.76. The molecule has 0 aromatic heterocycles. The quantitative estimate of drug-likeness (QED) is 0.341. The van der Waals surface area contributed by atoms with Gasteiger partial charge < -0.3 is 10.1 Å². The lowest BCUT2D eigenvalue weighted by Crippen LogP contribution is -2.14. The molecule has 0 aliphatic heterocycles. The molecular weight excluding hydrogens is 348 g/mol. The summed E-state index contributed by atoms with van der Waals surface area (Å²) < 4.78 is 5.72. The van der Waals surface area contributed by atoms with Crippen LogP contribution in [0.3, 0.4) is 0 Å². The molecule has 28 heavy (non-hydrogen) atoms. The van der Waals surface area contributed by atoms with Crippen molar-refractivity contribution in [3.63, 3.8) is 0 Å². The zero-order valence-corrected chi connectivity index (χ0v) is 16.9. The van der Waals surface area contributed by atoms with Crippen molar-refractivity contribution in [2.24, 2.45) is 0 Å². The van der Waals surface area contributed by atoms with E-state index in [1.54, 1.807) is 6.08 Å². The topological polar surface area (TPSA) is 62.1 Å². The zero-order chi connectivity index (χ0) is 20.4. The van der Waals surface area contributed by atoms with E-state index in [-0.39, 0.29) is 5.57 Å². The molecule has 0 atom stereocenters. The van der Waals surface area contributed by atoms with Gasteiger partial charge in [-0.05, 0) is 55.7 Å². The number of nitrogens with one attached hydrogen (secondary N) is 1. The van der Waals surface area contributed by atoms with Gasteiger partial charge in [-0.15, -0.1) is 0 Å². The number of anilines is 1. The van der Waals surface area contributed by atoms with Gasteiger partial charge in [-0.1, -0.05) is 56.0 Å². The summed E-state index contributed by atoms with van der Waals surface area (Å²) >= 11 is 0. The maximum absolute atomic E-state index is 12.5. The van der Waals surface area contributed by atoms with Gasteiger partial charge in [0.1, 0.15) is 17.4 Å². The summed E-state index contributed by atoms with van der Waals surface area (Å²) in [4.78, 5) is 12.5. The van der Waals surface area contributed by atoms with E-state index in [0.717, 1.165) is 28.9 Å². The molecule has 4 heteroatoms. The van der Waals surface area contributed by atoms with Crippen LogP contribution in [0.5, 0.6) is 5.75 Å². The maximum Gasteiger partial charge on any atom is 0.266 e. The summed E-state index contributed by atoms with van der Waals surface area (Å²) in [6.45, 7) is 6.82. The minimum Gasteiger partial charge on any atom is -0.494 e. The first kappa shape index (κ1) is 21.2. The highest BCUT2D eigenvalue weighted by Gasteiger charge is 2.11. The fourth-order valence-corrected chi connectivity index (χ4v) is 2.84. The van der Waals surface area contributed by atoms with Crippen LogP contribution >= 0.6 is 0 Å². The number of carbonyl (C=O) groups is 1. The summed E-state index contributed by atoms with van der Waals surface area (Å²) in [7, 11) is 0. The second-order valence-corrected chi connectivity index (χ2v) is 6.92. The van der Waals surface area contributed by atoms with Crippen molar-refractivity contribution in [3.05, 3.63) is 64.7 Å². The van der Waals surface area contributed by atoms with Gasteiger partial charge in [-0.3, -0.25) is 4.79 Å². The maximum atomic E-state index is 12.5. The first-order valence-electron chi connectivity index (χ1n) is 9.76. The number of rotatable bonds is 9. The molecule has 2 aromatic carbocycles. The normalized spacial score (nSPS) is 11.0. The van der Waals surface area contributed by atoms with Crippen LogP contribution in [-0.4, -0.2) is 12.5 Å². The van der Waals surface area contributed by atoms with Crippen molar-refractivity contribution in [3.8, 4) is 11.8 Å². The molecule has 0 heterocycles. The van der Waals surface area contributed by atoms with E-state index in [2.05, 4.69) is 12.2 Å². The van der Waals surface area contributed by atoms with E-state index in [0.29, 0.717) is 12.3 Å². The Labute approximate surface area is 167 Å². The third kappa shape index (κ3) is 6.59. The molecule has 0 saturated heterocycles. The van der Waals surface area contributed by atoms with Crippen LogP contribution in [-0.2, 0) is 4.79 Å². The molecule has 0 aliphatic rings. The van der Waals surface area contributed by atoms with Crippen molar-refractivity contribution in [1.82, 2.24) is 0 Å². The van der Waals surface area contributed by atoms with Gasteiger partial charge in [0.15, 0.2) is 0 Å². The van der Waals surface area contributed by atoms with E-state index < -0.39 is 5.91 Å². The van der Waals surface area contributed by atoms with Crippen molar-refractivity contribution in [2.45, 2.75) is 46.5 Å². The molecule has 0 saturated carbocycles. The number of nitriles is 1. The number of unbranched alkanes of at least 4 members (excludes halogenated alkanes) is 3. The number of hydrogen-bond acceptors (Lipinski definition) is 3. The van der Waals surface area contributed by atoms with Crippen molar-refractivity contribution >= 4 is 17.7 Å². The fraction of sp³-hybridized carbons (Fsp3) is 0.333. The predicted molar refractivity (Wildman–Crippen MR) is 114 cm³/mol. The molecule has 0 aliphatic carbocycles. The predicted octanol–water partition coefficient (Wildman–Crippen LogP) is 5.81. The number of amides is 1. The van der Waals surface area contributed by atoms with Gasteiger partial charge in [0.05, 0.1) is 6.61 Å². The van der Waals surface area contributed by atoms with Crippen LogP contribution in [0.1, 0.15) is 49.3 Å². The largest absolute Gasteiger partial charge is 0.494 e. The van der Waals surface area contributed by atoms with Gasteiger partial charge in [0, 0.05) is 5.69 Å². The van der Waals surface area contributed by atoms with Crippen molar-refractivity contribution in [1.29, 1.82) is 5.26 Å². The Kier molecular flexibility index (Phi) is 8.30. The van der Waals surface area contributed by atoms with Gasteiger partial charge in [0.25, 0.3) is 5.91 Å². The molecule has 2 rings (SSSR count). The van der Waals surface area contributed by atoms with Crippen LogP contribution in [0.15, 0.2) is 48.0 Å². The highest BCUT2D eigenvalue weighted by atomic mass is 16.5. The van der Waals surface area contributed by atoms with Gasteiger partial charge in [-0.2, -0.15) is 5.26 Å². The van der Waals surface area contributed by atoms with E-state index >= 15 is 0 Å². The Balaban J connectivity index is 1.99. The molecule has 1 amide bonds. The first-order chi connectivity index (χ1) is 13.5. The Morgan fingerprint density at radius 1 is 1.11 bits per heavy atom. The number of aryl methyl sites for hydroxylation is 2. The van der Waals surface area contributed by atoms with Crippen LogP contribution in [0.25, 0.3) is 6.08 Å². The molecule has 4 nitrogen and oxygen atoms in total. The lowest BCUT2D eigenvalue weighted by Gasteiger charge is -2.09. The third-order valence-electron chi connectivity index (χ3n) is 4.45. The van der Waals surface area contributed by atoms with Crippen molar-refractivity contribution < 1.29 is 9.53 Å². The second kappa shape index (κ2) is 10.9. The van der Waals surface area contributed by atoms with E-state index in [4.69, 9.17) is 4.74 Å². The summed E-state index contributed by atoms with van der Waals surface area (Å²) in [5.41, 5.74) is 3.65. The SMILES string of the molecule is CCCCCCOc1ccc(C=C(C#N)C(=O)Nc2ccc(C)cc2C)cc1. The molecular formula is C24H28N2O2. The number of carbonyl (C=O) groups excluding carboxylic acids is 1. The average Bonchev–Trinajstić information content (AvgIpc) is 2.69. The van der Waals surface area contributed by atoms with E-state index in [9.17, 15) is 10.1 Å². The fourth-order valence-electron chi connectivity index (χ4n) is 2.84. The molecule has 1 N–H and O–H groups in total. The molecule has 0 spiro atoms. The molecule has 2 aromatic rings. The van der Waals surface area contributed by atoms with Crippen LogP contribution in [0.4, 0.5) is 5.69 Å². The minimum absolute atomic E-state index is 0.0632. The molecule has 0 unspecified atom stereocenters. The minimum atomic E-state index is -0.411.